The Hall–Kier alpha value is -3.55. The van der Waals surface area contributed by atoms with Crippen molar-refractivity contribution in [3.05, 3.63) is 53.3 Å². The minimum absolute atomic E-state index is 0.445. The number of benzene rings is 2. The van der Waals surface area contributed by atoms with Crippen LogP contribution in [-0.2, 0) is 0 Å². The number of nitrogens with zero attached hydrogens (tertiary/aromatic N) is 3. The Morgan fingerprint density at radius 2 is 1.56 bits per heavy atom. The zero-order valence-corrected chi connectivity index (χ0v) is 15.5. The van der Waals surface area contributed by atoms with Gasteiger partial charge >= 0.3 is 0 Å². The second kappa shape index (κ2) is 8.22. The molecule has 8 nitrogen and oxygen atoms in total. The van der Waals surface area contributed by atoms with E-state index in [9.17, 15) is 0 Å². The zero-order chi connectivity index (χ0) is 19.2. The average molecular weight is 368 g/mol. The predicted molar refractivity (Wildman–Crippen MR) is 100 cm³/mol. The first kappa shape index (κ1) is 18.2. The van der Waals surface area contributed by atoms with Crippen molar-refractivity contribution >= 4 is 11.6 Å². The smallest absolute Gasteiger partial charge is 0.205 e. The fraction of sp³-hybridized carbons (Fsp3) is 0.211. The molecule has 2 aromatic carbocycles. The number of ether oxygens (including phenoxy) is 4. The summed E-state index contributed by atoms with van der Waals surface area (Å²) >= 11 is 0. The van der Waals surface area contributed by atoms with Gasteiger partial charge in [-0.25, -0.2) is 0 Å². The lowest BCUT2D eigenvalue weighted by molar-refractivity contribution is 0.324. The van der Waals surface area contributed by atoms with E-state index in [1.807, 2.05) is 42.5 Å². The minimum atomic E-state index is 0.445. The van der Waals surface area contributed by atoms with Crippen LogP contribution >= 0.6 is 0 Å². The molecule has 0 bridgehead atoms. The SMILES string of the molecule is COc1ccc(/C=C(/c2cc(OC)c(OC)c(OC)c2)c2nn[nH]n2)cc1. The quantitative estimate of drug-likeness (QED) is 0.641. The molecule has 0 unspecified atom stereocenters. The second-order valence-electron chi connectivity index (χ2n) is 5.48. The standard InChI is InChI=1S/C19H20N4O4/c1-24-14-7-5-12(6-8-14)9-15(19-20-22-23-21-19)13-10-16(25-2)18(27-4)17(11-13)26-3/h5-11H,1-4H3,(H,20,21,22,23)/b15-9-. The Morgan fingerprint density at radius 1 is 0.889 bits per heavy atom. The van der Waals surface area contributed by atoms with Crippen LogP contribution < -0.4 is 18.9 Å². The Labute approximate surface area is 156 Å². The molecule has 0 saturated carbocycles. The molecule has 1 heterocycles. The predicted octanol–water partition coefficient (Wildman–Crippen LogP) is 2.82. The molecule has 0 aliphatic heterocycles. The molecule has 0 aliphatic rings. The van der Waals surface area contributed by atoms with E-state index in [0.717, 1.165) is 22.4 Å². The molecule has 0 radical (unpaired) electrons. The van der Waals surface area contributed by atoms with Gasteiger partial charge in [0.15, 0.2) is 11.5 Å². The molecule has 8 heteroatoms. The van der Waals surface area contributed by atoms with E-state index in [-0.39, 0.29) is 0 Å². The first-order chi connectivity index (χ1) is 13.2. The number of tetrazole rings is 1. The van der Waals surface area contributed by atoms with Gasteiger partial charge in [-0.05, 0) is 46.7 Å². The number of nitrogens with one attached hydrogen (secondary N) is 1. The molecule has 1 aromatic heterocycles. The zero-order valence-electron chi connectivity index (χ0n) is 15.5. The monoisotopic (exact) mass is 368 g/mol. The maximum absolute atomic E-state index is 5.45. The normalized spacial score (nSPS) is 11.2. The van der Waals surface area contributed by atoms with E-state index in [4.69, 9.17) is 18.9 Å². The Kier molecular flexibility index (Phi) is 5.55. The van der Waals surface area contributed by atoms with Crippen molar-refractivity contribution in [3.8, 4) is 23.0 Å². The fourth-order valence-corrected chi connectivity index (χ4v) is 2.66. The molecule has 1 N–H and O–H groups in total. The molecule has 140 valence electrons. The van der Waals surface area contributed by atoms with Crippen molar-refractivity contribution in [2.75, 3.05) is 28.4 Å². The highest BCUT2D eigenvalue weighted by atomic mass is 16.5. The number of aromatic amines is 1. The van der Waals surface area contributed by atoms with E-state index >= 15 is 0 Å². The molecule has 0 aliphatic carbocycles. The van der Waals surface area contributed by atoms with Crippen LogP contribution in [0.4, 0.5) is 0 Å². The molecule has 0 amide bonds. The van der Waals surface area contributed by atoms with E-state index in [0.29, 0.717) is 23.1 Å². The van der Waals surface area contributed by atoms with Gasteiger partial charge in [-0.2, -0.15) is 5.21 Å². The van der Waals surface area contributed by atoms with E-state index in [2.05, 4.69) is 20.6 Å². The van der Waals surface area contributed by atoms with Crippen molar-refractivity contribution < 1.29 is 18.9 Å². The first-order valence-corrected chi connectivity index (χ1v) is 8.10. The fourth-order valence-electron chi connectivity index (χ4n) is 2.66. The number of hydrogen-bond acceptors (Lipinski definition) is 7. The Morgan fingerprint density at radius 3 is 2.04 bits per heavy atom. The number of aromatic nitrogens is 4. The van der Waals surface area contributed by atoms with Crippen molar-refractivity contribution in [1.29, 1.82) is 0 Å². The van der Waals surface area contributed by atoms with Crippen molar-refractivity contribution in [2.24, 2.45) is 0 Å². The van der Waals surface area contributed by atoms with Crippen LogP contribution in [-0.4, -0.2) is 49.1 Å². The highest BCUT2D eigenvalue weighted by Crippen LogP contribution is 2.41. The molecule has 27 heavy (non-hydrogen) atoms. The maximum atomic E-state index is 5.45. The highest BCUT2D eigenvalue weighted by Gasteiger charge is 2.18. The number of methoxy groups -OCH3 is 4. The molecule has 0 spiro atoms. The first-order valence-electron chi connectivity index (χ1n) is 8.10. The molecular weight excluding hydrogens is 348 g/mol. The summed E-state index contributed by atoms with van der Waals surface area (Å²) in [5.74, 6) is 2.81. The summed E-state index contributed by atoms with van der Waals surface area (Å²) in [7, 11) is 6.34. The van der Waals surface area contributed by atoms with Crippen LogP contribution in [0.3, 0.4) is 0 Å². The van der Waals surface area contributed by atoms with Gasteiger partial charge < -0.3 is 18.9 Å². The third-order valence-electron chi connectivity index (χ3n) is 3.99. The molecule has 0 saturated heterocycles. The van der Waals surface area contributed by atoms with Gasteiger partial charge in [0.2, 0.25) is 11.6 Å². The van der Waals surface area contributed by atoms with Crippen LogP contribution in [0.25, 0.3) is 11.6 Å². The van der Waals surface area contributed by atoms with Gasteiger partial charge in [0.25, 0.3) is 0 Å². The summed E-state index contributed by atoms with van der Waals surface area (Å²) in [6.07, 6.45) is 1.95. The average Bonchev–Trinajstić information content (AvgIpc) is 3.25. The van der Waals surface area contributed by atoms with Crippen LogP contribution in [0.1, 0.15) is 17.0 Å². The van der Waals surface area contributed by atoms with Crippen molar-refractivity contribution in [2.45, 2.75) is 0 Å². The Balaban J connectivity index is 2.15. The van der Waals surface area contributed by atoms with E-state index in [1.54, 1.807) is 28.4 Å². The van der Waals surface area contributed by atoms with Gasteiger partial charge in [0.1, 0.15) is 5.75 Å². The van der Waals surface area contributed by atoms with Crippen LogP contribution in [0, 0.1) is 0 Å². The summed E-state index contributed by atoms with van der Waals surface area (Å²) in [4.78, 5) is 0. The summed E-state index contributed by atoms with van der Waals surface area (Å²) in [5.41, 5.74) is 2.49. The van der Waals surface area contributed by atoms with Crippen molar-refractivity contribution in [3.63, 3.8) is 0 Å². The number of hydrogen-bond donors (Lipinski definition) is 1. The van der Waals surface area contributed by atoms with Crippen LogP contribution in [0.15, 0.2) is 36.4 Å². The van der Waals surface area contributed by atoms with Gasteiger partial charge in [0.05, 0.1) is 28.4 Å². The van der Waals surface area contributed by atoms with E-state index in [1.165, 1.54) is 0 Å². The highest BCUT2D eigenvalue weighted by molar-refractivity contribution is 5.90. The van der Waals surface area contributed by atoms with Crippen LogP contribution in [0.5, 0.6) is 23.0 Å². The lowest BCUT2D eigenvalue weighted by atomic mass is 10.0. The van der Waals surface area contributed by atoms with Gasteiger partial charge in [-0.15, -0.1) is 10.2 Å². The van der Waals surface area contributed by atoms with Gasteiger partial charge in [0, 0.05) is 5.57 Å². The third-order valence-corrected chi connectivity index (χ3v) is 3.99. The third kappa shape index (κ3) is 3.84. The topological polar surface area (TPSA) is 91.4 Å². The van der Waals surface area contributed by atoms with Gasteiger partial charge in [-0.1, -0.05) is 12.1 Å². The second-order valence-corrected chi connectivity index (χ2v) is 5.48. The largest absolute Gasteiger partial charge is 0.497 e. The van der Waals surface area contributed by atoms with Crippen LogP contribution in [0.2, 0.25) is 0 Å². The summed E-state index contributed by atoms with van der Waals surface area (Å²) < 4.78 is 21.5. The number of H-pyrrole nitrogens is 1. The number of rotatable bonds is 7. The molecular formula is C19H20N4O4. The molecule has 0 fully saturated rings. The summed E-state index contributed by atoms with van der Waals surface area (Å²) in [6.45, 7) is 0. The lowest BCUT2D eigenvalue weighted by Crippen LogP contribution is -1.98. The maximum Gasteiger partial charge on any atom is 0.205 e. The van der Waals surface area contributed by atoms with Gasteiger partial charge in [-0.3, -0.25) is 0 Å². The summed E-state index contributed by atoms with van der Waals surface area (Å²) in [5, 5.41) is 14.4. The van der Waals surface area contributed by atoms with E-state index < -0.39 is 0 Å². The lowest BCUT2D eigenvalue weighted by Gasteiger charge is -2.15. The minimum Gasteiger partial charge on any atom is -0.497 e. The molecule has 3 aromatic rings. The summed E-state index contributed by atoms with van der Waals surface area (Å²) in [6, 6.07) is 11.3. The van der Waals surface area contributed by atoms with Crippen molar-refractivity contribution in [1.82, 2.24) is 20.6 Å². The molecule has 0 atom stereocenters. The Bertz CT molecular complexity index is 896. The molecule has 3 rings (SSSR count).